The van der Waals surface area contributed by atoms with Gasteiger partial charge in [0.25, 0.3) is 0 Å². The Hall–Kier alpha value is -3.04. The van der Waals surface area contributed by atoms with Crippen molar-refractivity contribution in [3.05, 3.63) is 60.3 Å². The van der Waals surface area contributed by atoms with Gasteiger partial charge >= 0.3 is 12.4 Å². The summed E-state index contributed by atoms with van der Waals surface area (Å²) in [7, 11) is 0. The third-order valence-corrected chi connectivity index (χ3v) is 4.38. The number of halogens is 6. The smallest absolute Gasteiger partial charge is 0.411 e. The maximum absolute atomic E-state index is 14.1. The fraction of sp³-hybridized carbons (Fsp3) is 0.176. The van der Waals surface area contributed by atoms with E-state index in [1.807, 2.05) is 0 Å². The lowest BCUT2D eigenvalue weighted by Crippen LogP contribution is -2.54. The molecule has 2 aromatic heterocycles. The standard InChI is InChI=1S/C17H8F6N2O2/c18-16(19,20)15(17(21,22)23,9-1-3-13-11(5-9)24-7-26-13)10-2-4-14-12(6-10)25-8-27-14/h1-8H. The fourth-order valence-electron chi connectivity index (χ4n) is 3.16. The Morgan fingerprint density at radius 3 is 1.41 bits per heavy atom. The minimum Gasteiger partial charge on any atom is -0.443 e. The molecule has 4 aromatic rings. The van der Waals surface area contributed by atoms with E-state index in [4.69, 9.17) is 8.83 Å². The summed E-state index contributed by atoms with van der Waals surface area (Å²) in [5.41, 5.74) is -6.41. The third-order valence-electron chi connectivity index (χ3n) is 4.38. The Labute approximate surface area is 146 Å². The van der Waals surface area contributed by atoms with Crippen LogP contribution in [0, 0.1) is 0 Å². The van der Waals surface area contributed by atoms with Gasteiger partial charge < -0.3 is 8.83 Å². The van der Waals surface area contributed by atoms with E-state index in [-0.39, 0.29) is 22.2 Å². The van der Waals surface area contributed by atoms with Crippen LogP contribution in [0.25, 0.3) is 22.2 Å². The molecule has 10 heteroatoms. The Balaban J connectivity index is 2.10. The molecule has 0 unspecified atom stereocenters. The molecule has 0 saturated carbocycles. The first kappa shape index (κ1) is 17.4. The molecule has 0 fully saturated rings. The zero-order valence-corrected chi connectivity index (χ0v) is 13.1. The molecule has 0 saturated heterocycles. The van der Waals surface area contributed by atoms with Crippen molar-refractivity contribution in [3.63, 3.8) is 0 Å². The van der Waals surface area contributed by atoms with Crippen molar-refractivity contribution in [1.29, 1.82) is 0 Å². The topological polar surface area (TPSA) is 52.1 Å². The summed E-state index contributed by atoms with van der Waals surface area (Å²) in [5.74, 6) is 0. The molecular weight excluding hydrogens is 378 g/mol. The molecule has 4 rings (SSSR count). The monoisotopic (exact) mass is 386 g/mol. The van der Waals surface area contributed by atoms with Gasteiger partial charge in [0.2, 0.25) is 5.41 Å². The molecule has 2 aromatic carbocycles. The Kier molecular flexibility index (Phi) is 3.53. The second-order valence-corrected chi connectivity index (χ2v) is 5.82. The average molecular weight is 386 g/mol. The highest BCUT2D eigenvalue weighted by Crippen LogP contribution is 2.56. The number of hydrogen-bond donors (Lipinski definition) is 0. The van der Waals surface area contributed by atoms with E-state index < -0.39 is 28.9 Å². The van der Waals surface area contributed by atoms with E-state index in [1.165, 1.54) is 0 Å². The van der Waals surface area contributed by atoms with Crippen LogP contribution in [-0.4, -0.2) is 22.3 Å². The summed E-state index contributed by atoms with van der Waals surface area (Å²) in [6.45, 7) is 0. The molecule has 0 N–H and O–H groups in total. The number of fused-ring (bicyclic) bond motifs is 2. The predicted octanol–water partition coefficient (Wildman–Crippen LogP) is 5.38. The van der Waals surface area contributed by atoms with Crippen molar-refractivity contribution in [1.82, 2.24) is 9.97 Å². The van der Waals surface area contributed by atoms with Crippen LogP contribution in [0.3, 0.4) is 0 Å². The molecule has 0 atom stereocenters. The summed E-state index contributed by atoms with van der Waals surface area (Å²) in [6, 6.07) is 4.99. The molecule has 0 spiro atoms. The first-order valence-corrected chi connectivity index (χ1v) is 7.45. The second kappa shape index (κ2) is 5.48. The van der Waals surface area contributed by atoms with Crippen LogP contribution in [0.5, 0.6) is 0 Å². The molecule has 0 bridgehead atoms. The Bertz CT molecular complexity index is 1040. The van der Waals surface area contributed by atoms with Crippen LogP contribution in [0.1, 0.15) is 11.1 Å². The number of nitrogens with zero attached hydrogens (tertiary/aromatic N) is 2. The van der Waals surface area contributed by atoms with Gasteiger partial charge in [0.1, 0.15) is 11.0 Å². The quantitative estimate of drug-likeness (QED) is 0.434. The van der Waals surface area contributed by atoms with Crippen molar-refractivity contribution < 1.29 is 35.2 Å². The van der Waals surface area contributed by atoms with E-state index in [2.05, 4.69) is 9.97 Å². The van der Waals surface area contributed by atoms with Gasteiger partial charge in [0.05, 0.1) is 0 Å². The van der Waals surface area contributed by atoms with E-state index >= 15 is 0 Å². The number of aromatic nitrogens is 2. The van der Waals surface area contributed by atoms with Gasteiger partial charge in [-0.1, -0.05) is 12.1 Å². The Morgan fingerprint density at radius 1 is 0.630 bits per heavy atom. The zero-order chi connectivity index (χ0) is 19.4. The van der Waals surface area contributed by atoms with Gasteiger partial charge in [-0.05, 0) is 35.4 Å². The molecule has 2 heterocycles. The van der Waals surface area contributed by atoms with Crippen LogP contribution < -0.4 is 0 Å². The number of rotatable bonds is 2. The maximum Gasteiger partial charge on any atom is 0.411 e. The molecular formula is C17H8F6N2O2. The summed E-state index contributed by atoms with van der Waals surface area (Å²) in [6.07, 6.45) is -9.50. The minimum atomic E-state index is -5.69. The first-order valence-electron chi connectivity index (χ1n) is 7.45. The van der Waals surface area contributed by atoms with Crippen LogP contribution in [0.15, 0.2) is 58.0 Å². The summed E-state index contributed by atoms with van der Waals surface area (Å²) < 4.78 is 94.3. The number of benzene rings is 2. The normalized spacial score (nSPS) is 13.6. The summed E-state index contributed by atoms with van der Waals surface area (Å²) in [5, 5.41) is 0. The van der Waals surface area contributed by atoms with E-state index in [9.17, 15) is 26.3 Å². The summed E-state index contributed by atoms with van der Waals surface area (Å²) in [4.78, 5) is 7.33. The summed E-state index contributed by atoms with van der Waals surface area (Å²) >= 11 is 0. The van der Waals surface area contributed by atoms with E-state index in [0.717, 1.165) is 49.2 Å². The predicted molar refractivity (Wildman–Crippen MR) is 80.9 cm³/mol. The Morgan fingerprint density at radius 2 is 1.04 bits per heavy atom. The largest absolute Gasteiger partial charge is 0.443 e. The van der Waals surface area contributed by atoms with Crippen molar-refractivity contribution in [2.24, 2.45) is 0 Å². The zero-order valence-electron chi connectivity index (χ0n) is 13.1. The van der Waals surface area contributed by atoms with Crippen molar-refractivity contribution in [3.8, 4) is 0 Å². The van der Waals surface area contributed by atoms with Crippen molar-refractivity contribution in [2.45, 2.75) is 17.8 Å². The van der Waals surface area contributed by atoms with Gasteiger partial charge in [-0.15, -0.1) is 0 Å². The lowest BCUT2D eigenvalue weighted by atomic mass is 9.72. The molecule has 0 radical (unpaired) electrons. The first-order chi connectivity index (χ1) is 12.6. The lowest BCUT2D eigenvalue weighted by molar-refractivity contribution is -0.288. The van der Waals surface area contributed by atoms with Crippen molar-refractivity contribution in [2.75, 3.05) is 0 Å². The molecule has 0 aliphatic rings. The number of alkyl halides is 6. The lowest BCUT2D eigenvalue weighted by Gasteiger charge is -2.38. The molecule has 0 amide bonds. The fourth-order valence-corrected chi connectivity index (χ4v) is 3.16. The number of oxazole rings is 2. The van der Waals surface area contributed by atoms with Crippen LogP contribution in [0.2, 0.25) is 0 Å². The highest BCUT2D eigenvalue weighted by Gasteiger charge is 2.72. The highest BCUT2D eigenvalue weighted by molar-refractivity contribution is 5.76. The van der Waals surface area contributed by atoms with Gasteiger partial charge in [-0.3, -0.25) is 0 Å². The average Bonchev–Trinajstić information content (AvgIpc) is 3.20. The van der Waals surface area contributed by atoms with E-state index in [0.29, 0.717) is 0 Å². The van der Waals surface area contributed by atoms with Crippen molar-refractivity contribution >= 4 is 22.2 Å². The maximum atomic E-state index is 14.1. The third kappa shape index (κ3) is 2.39. The van der Waals surface area contributed by atoms with Gasteiger partial charge in [0.15, 0.2) is 24.0 Å². The van der Waals surface area contributed by atoms with Crippen LogP contribution >= 0.6 is 0 Å². The van der Waals surface area contributed by atoms with Crippen LogP contribution in [0.4, 0.5) is 26.3 Å². The number of hydrogen-bond acceptors (Lipinski definition) is 4. The minimum absolute atomic E-state index is 0.0731. The molecule has 4 nitrogen and oxygen atoms in total. The van der Waals surface area contributed by atoms with Gasteiger partial charge in [0, 0.05) is 0 Å². The SMILES string of the molecule is FC(F)(F)C(c1ccc2ocnc2c1)(c1ccc2ocnc2c1)C(F)(F)F. The highest BCUT2D eigenvalue weighted by atomic mass is 19.4. The second-order valence-electron chi connectivity index (χ2n) is 5.82. The molecule has 0 aliphatic heterocycles. The van der Waals surface area contributed by atoms with Gasteiger partial charge in [-0.2, -0.15) is 26.3 Å². The van der Waals surface area contributed by atoms with Gasteiger partial charge in [-0.25, -0.2) is 9.97 Å². The molecule has 27 heavy (non-hydrogen) atoms. The van der Waals surface area contributed by atoms with E-state index in [1.54, 1.807) is 0 Å². The molecule has 140 valence electrons. The van der Waals surface area contributed by atoms with Crippen LogP contribution in [-0.2, 0) is 5.41 Å². The molecule has 0 aliphatic carbocycles.